The van der Waals surface area contributed by atoms with Gasteiger partial charge in [0, 0.05) is 43.6 Å². The van der Waals surface area contributed by atoms with Crippen LogP contribution in [0.5, 0.6) is 0 Å². The molecule has 0 spiro atoms. The topological polar surface area (TPSA) is 49.4 Å². The van der Waals surface area contributed by atoms with E-state index in [0.717, 1.165) is 31.1 Å². The number of amides is 1. The fraction of sp³-hybridized carbons (Fsp3) is 0.619. The number of halogens is 3. The van der Waals surface area contributed by atoms with Gasteiger partial charge in [-0.25, -0.2) is 0 Å². The zero-order chi connectivity index (χ0) is 20.1. The minimum atomic E-state index is -4.45. The van der Waals surface area contributed by atoms with Crippen LogP contribution in [0.15, 0.2) is 24.3 Å². The first-order valence-corrected chi connectivity index (χ1v) is 9.98. The number of alkyl halides is 3. The molecule has 2 aliphatic carbocycles. The Morgan fingerprint density at radius 3 is 2.46 bits per heavy atom. The maximum Gasteiger partial charge on any atom is 0.416 e. The van der Waals surface area contributed by atoms with Gasteiger partial charge in [-0.3, -0.25) is 14.5 Å². The molecule has 1 heterocycles. The minimum absolute atomic E-state index is 0.00715. The predicted octanol–water partition coefficient (Wildman–Crippen LogP) is 3.97. The van der Waals surface area contributed by atoms with Crippen LogP contribution in [-0.2, 0) is 15.8 Å². The molecule has 1 amide bonds. The van der Waals surface area contributed by atoms with Crippen molar-refractivity contribution < 1.29 is 22.8 Å². The van der Waals surface area contributed by atoms with E-state index in [-0.39, 0.29) is 30.2 Å². The van der Waals surface area contributed by atoms with Crippen molar-refractivity contribution in [1.29, 1.82) is 0 Å². The van der Waals surface area contributed by atoms with Crippen LogP contribution in [-0.4, -0.2) is 35.7 Å². The Labute approximate surface area is 162 Å². The molecule has 1 N–H and O–H groups in total. The zero-order valence-corrected chi connectivity index (χ0v) is 15.8. The number of nitrogens with one attached hydrogen (secondary N) is 1. The van der Waals surface area contributed by atoms with E-state index in [1.807, 2.05) is 0 Å². The van der Waals surface area contributed by atoms with Gasteiger partial charge in [-0.15, -0.1) is 0 Å². The molecule has 4 nitrogen and oxygen atoms in total. The van der Waals surface area contributed by atoms with Gasteiger partial charge < -0.3 is 5.32 Å². The van der Waals surface area contributed by atoms with E-state index in [2.05, 4.69) is 17.1 Å². The molecule has 1 aliphatic heterocycles. The van der Waals surface area contributed by atoms with Gasteiger partial charge in [0.05, 0.1) is 5.56 Å². The van der Waals surface area contributed by atoms with Crippen molar-refractivity contribution in [3.8, 4) is 0 Å². The number of ketones is 1. The number of carbonyl (C=O) groups is 2. The van der Waals surface area contributed by atoms with Crippen LogP contribution in [0, 0.1) is 23.7 Å². The molecular weight excluding hydrogens is 369 g/mol. The van der Waals surface area contributed by atoms with Crippen molar-refractivity contribution in [2.45, 2.75) is 44.8 Å². The molecule has 2 unspecified atom stereocenters. The highest BCUT2D eigenvalue weighted by Crippen LogP contribution is 2.54. The number of hydrogen-bond donors (Lipinski definition) is 1. The lowest BCUT2D eigenvalue weighted by atomic mass is 10.1. The summed E-state index contributed by atoms with van der Waals surface area (Å²) in [5.41, 5.74) is -0.711. The number of anilines is 1. The summed E-state index contributed by atoms with van der Waals surface area (Å²) < 4.78 is 38.2. The van der Waals surface area contributed by atoms with Crippen molar-refractivity contribution in [2.75, 3.05) is 18.4 Å². The van der Waals surface area contributed by atoms with E-state index in [1.54, 1.807) is 0 Å². The molecule has 1 saturated heterocycles. The summed E-state index contributed by atoms with van der Waals surface area (Å²) in [6, 6.07) is 5.14. The molecule has 1 aromatic carbocycles. The number of nitrogens with zero attached hydrogens (tertiary/aromatic N) is 1. The lowest BCUT2D eigenvalue weighted by Crippen LogP contribution is -2.35. The molecule has 4 atom stereocenters. The molecule has 0 radical (unpaired) electrons. The lowest BCUT2D eigenvalue weighted by Gasteiger charge is -2.26. The van der Waals surface area contributed by atoms with Crippen molar-refractivity contribution in [3.05, 3.63) is 29.8 Å². The Morgan fingerprint density at radius 1 is 1.18 bits per heavy atom. The molecule has 0 bridgehead atoms. The summed E-state index contributed by atoms with van der Waals surface area (Å²) in [4.78, 5) is 27.0. The molecule has 28 heavy (non-hydrogen) atoms. The quantitative estimate of drug-likeness (QED) is 0.761. The van der Waals surface area contributed by atoms with Gasteiger partial charge in [0.25, 0.3) is 0 Å². The van der Waals surface area contributed by atoms with Crippen LogP contribution in [0.4, 0.5) is 18.9 Å². The van der Waals surface area contributed by atoms with Crippen molar-refractivity contribution >= 4 is 17.4 Å². The van der Waals surface area contributed by atoms with Crippen LogP contribution in [0.25, 0.3) is 0 Å². The zero-order valence-electron chi connectivity index (χ0n) is 15.8. The molecule has 4 rings (SSSR count). The van der Waals surface area contributed by atoms with E-state index in [4.69, 9.17) is 0 Å². The highest BCUT2D eigenvalue weighted by molar-refractivity contribution is 5.94. The molecule has 3 aliphatic rings. The summed E-state index contributed by atoms with van der Waals surface area (Å²) in [5.74, 6) is 1.45. The standard InChI is InChI=1S/C21H25F3N2O2/c1-12(13-5-6-13)26-10-16-17(11-26)20(16)18(27)7-8-19(28)25-15-4-2-3-14(9-15)21(22,23)24/h2-4,9,12-13,16-17,20H,5-8,10-11H2,1H3,(H,25,28)/t12?,16-,17+,20?. The predicted molar refractivity (Wildman–Crippen MR) is 98.5 cm³/mol. The van der Waals surface area contributed by atoms with Crippen molar-refractivity contribution in [1.82, 2.24) is 4.90 Å². The number of benzene rings is 1. The monoisotopic (exact) mass is 394 g/mol. The van der Waals surface area contributed by atoms with E-state index in [0.29, 0.717) is 17.9 Å². The summed E-state index contributed by atoms with van der Waals surface area (Å²) >= 11 is 0. The third-order valence-corrected chi connectivity index (χ3v) is 6.55. The SMILES string of the molecule is CC(C1CC1)N1C[C@@H]2C(C(=O)CCC(=O)Nc3cccc(C(F)(F)F)c3)[C@@H]2C1. The molecule has 2 saturated carbocycles. The van der Waals surface area contributed by atoms with E-state index < -0.39 is 17.6 Å². The summed E-state index contributed by atoms with van der Waals surface area (Å²) in [6.07, 6.45) is -1.66. The molecule has 7 heteroatoms. The Bertz CT molecular complexity index is 763. The average Bonchev–Trinajstić information content (AvgIpc) is 3.56. The molecule has 152 valence electrons. The first-order chi connectivity index (χ1) is 13.2. The number of Topliss-reactive ketones (excluding diaryl/α,β-unsaturated/α-hetero) is 1. The van der Waals surface area contributed by atoms with Crippen LogP contribution >= 0.6 is 0 Å². The maximum absolute atomic E-state index is 12.7. The van der Waals surface area contributed by atoms with Crippen LogP contribution in [0.1, 0.15) is 38.2 Å². The number of carbonyl (C=O) groups excluding carboxylic acids is 2. The van der Waals surface area contributed by atoms with Crippen LogP contribution in [0.2, 0.25) is 0 Å². The Kier molecular flexibility index (Phi) is 4.98. The van der Waals surface area contributed by atoms with E-state index in [1.165, 1.54) is 25.0 Å². The Balaban J connectivity index is 1.21. The normalized spacial score (nSPS) is 27.9. The fourth-order valence-electron chi connectivity index (χ4n) is 4.65. The maximum atomic E-state index is 12.7. The van der Waals surface area contributed by atoms with Gasteiger partial charge in [-0.2, -0.15) is 13.2 Å². The molecule has 3 fully saturated rings. The number of piperidine rings is 1. The summed E-state index contributed by atoms with van der Waals surface area (Å²) in [5, 5.41) is 2.46. The second kappa shape index (κ2) is 7.17. The second-order valence-electron chi connectivity index (χ2n) is 8.48. The highest BCUT2D eigenvalue weighted by atomic mass is 19.4. The summed E-state index contributed by atoms with van der Waals surface area (Å²) in [6.45, 7) is 4.24. The smallest absolute Gasteiger partial charge is 0.326 e. The van der Waals surface area contributed by atoms with Gasteiger partial charge in [-0.05, 0) is 55.7 Å². The van der Waals surface area contributed by atoms with Gasteiger partial charge in [0.1, 0.15) is 5.78 Å². The number of fused-ring (bicyclic) bond motifs is 1. The van der Waals surface area contributed by atoms with Crippen LogP contribution < -0.4 is 5.32 Å². The average molecular weight is 394 g/mol. The molecule has 1 aromatic rings. The number of likely N-dealkylation sites (tertiary alicyclic amines) is 1. The third-order valence-electron chi connectivity index (χ3n) is 6.55. The number of hydrogen-bond acceptors (Lipinski definition) is 3. The van der Waals surface area contributed by atoms with Crippen molar-refractivity contribution in [3.63, 3.8) is 0 Å². The van der Waals surface area contributed by atoms with Crippen molar-refractivity contribution in [2.24, 2.45) is 23.7 Å². The highest BCUT2D eigenvalue weighted by Gasteiger charge is 2.59. The van der Waals surface area contributed by atoms with E-state index >= 15 is 0 Å². The largest absolute Gasteiger partial charge is 0.416 e. The number of rotatable bonds is 7. The summed E-state index contributed by atoms with van der Waals surface area (Å²) in [7, 11) is 0. The lowest BCUT2D eigenvalue weighted by molar-refractivity contribution is -0.137. The van der Waals surface area contributed by atoms with Gasteiger partial charge in [0.15, 0.2) is 0 Å². The van der Waals surface area contributed by atoms with Gasteiger partial charge >= 0.3 is 6.18 Å². The Morgan fingerprint density at radius 2 is 1.86 bits per heavy atom. The first kappa shape index (κ1) is 19.4. The third kappa shape index (κ3) is 4.09. The van der Waals surface area contributed by atoms with Gasteiger partial charge in [0.2, 0.25) is 5.91 Å². The van der Waals surface area contributed by atoms with Gasteiger partial charge in [-0.1, -0.05) is 6.07 Å². The molecular formula is C21H25F3N2O2. The van der Waals surface area contributed by atoms with Crippen LogP contribution in [0.3, 0.4) is 0 Å². The van der Waals surface area contributed by atoms with E-state index in [9.17, 15) is 22.8 Å². The minimum Gasteiger partial charge on any atom is -0.326 e. The first-order valence-electron chi connectivity index (χ1n) is 9.98. The fourth-order valence-corrected chi connectivity index (χ4v) is 4.65. The second-order valence-corrected chi connectivity index (χ2v) is 8.48. The Hall–Kier alpha value is -1.89. The molecule has 0 aromatic heterocycles.